The molecule has 0 aromatic carbocycles. The summed E-state index contributed by atoms with van der Waals surface area (Å²) in [6.45, 7) is 1.99. The molecule has 0 spiro atoms. The number of hydrogen-bond donors (Lipinski definition) is 1. The van der Waals surface area contributed by atoms with Crippen molar-refractivity contribution in [1.82, 2.24) is 9.38 Å². The highest BCUT2D eigenvalue weighted by Gasteiger charge is 2.10. The number of carbonyl (C=O) groups is 1. The number of pyridine rings is 1. The van der Waals surface area contributed by atoms with Crippen molar-refractivity contribution in [1.29, 1.82) is 0 Å². The zero-order valence-electron chi connectivity index (χ0n) is 8.77. The van der Waals surface area contributed by atoms with E-state index in [1.54, 1.807) is 0 Å². The van der Waals surface area contributed by atoms with Crippen molar-refractivity contribution in [2.45, 2.75) is 19.8 Å². The Hall–Kier alpha value is -1.36. The minimum atomic E-state index is -0.805. The maximum absolute atomic E-state index is 10.5. The van der Waals surface area contributed by atoms with Crippen LogP contribution in [0.5, 0.6) is 0 Å². The van der Waals surface area contributed by atoms with E-state index in [0.717, 1.165) is 21.5 Å². The van der Waals surface area contributed by atoms with Gasteiger partial charge in [-0.05, 0) is 34.5 Å². The molecule has 1 N–H and O–H groups in total. The van der Waals surface area contributed by atoms with Gasteiger partial charge in [0.15, 0.2) is 0 Å². The first-order valence-electron chi connectivity index (χ1n) is 4.93. The smallest absolute Gasteiger partial charge is 0.303 e. The van der Waals surface area contributed by atoms with Gasteiger partial charge in [0.05, 0.1) is 11.9 Å². The second kappa shape index (κ2) is 4.25. The van der Waals surface area contributed by atoms with Crippen LogP contribution < -0.4 is 0 Å². The second-order valence-corrected chi connectivity index (χ2v) is 4.43. The van der Waals surface area contributed by atoms with Gasteiger partial charge in [0, 0.05) is 12.6 Å². The SMILES string of the molecule is Cc1ccc2c(Br)nc(CCC(=O)O)n2c1. The molecule has 0 unspecified atom stereocenters. The summed E-state index contributed by atoms with van der Waals surface area (Å²) >= 11 is 3.37. The van der Waals surface area contributed by atoms with Crippen LogP contribution in [-0.4, -0.2) is 20.5 Å². The highest BCUT2D eigenvalue weighted by Crippen LogP contribution is 2.20. The fourth-order valence-corrected chi connectivity index (χ4v) is 2.14. The van der Waals surface area contributed by atoms with Crippen molar-refractivity contribution in [2.75, 3.05) is 0 Å². The molecular weight excluding hydrogens is 272 g/mol. The van der Waals surface area contributed by atoms with Crippen molar-refractivity contribution < 1.29 is 9.90 Å². The Bertz CT molecular complexity index is 548. The van der Waals surface area contributed by atoms with E-state index in [0.29, 0.717) is 6.42 Å². The Morgan fingerprint density at radius 1 is 1.56 bits per heavy atom. The standard InChI is InChI=1S/C11H11BrN2O2/c1-7-2-3-8-11(12)13-9(14(8)6-7)4-5-10(15)16/h2-3,6H,4-5H2,1H3,(H,15,16). The number of halogens is 1. The highest BCUT2D eigenvalue weighted by atomic mass is 79.9. The minimum absolute atomic E-state index is 0.0967. The number of carboxylic acid groups (broad SMARTS) is 1. The summed E-state index contributed by atoms with van der Waals surface area (Å²) in [7, 11) is 0. The number of carboxylic acids is 1. The quantitative estimate of drug-likeness (QED) is 0.941. The normalized spacial score (nSPS) is 10.9. The average molecular weight is 283 g/mol. The van der Waals surface area contributed by atoms with Crippen LogP contribution >= 0.6 is 15.9 Å². The summed E-state index contributed by atoms with van der Waals surface area (Å²) in [6, 6.07) is 3.97. The number of hydrogen-bond acceptors (Lipinski definition) is 2. The summed E-state index contributed by atoms with van der Waals surface area (Å²) in [5, 5.41) is 8.66. The third-order valence-corrected chi connectivity index (χ3v) is 2.96. The Kier molecular flexibility index (Phi) is 2.96. The van der Waals surface area contributed by atoms with Crippen LogP contribution in [0, 0.1) is 6.92 Å². The predicted octanol–water partition coefficient (Wildman–Crippen LogP) is 2.42. The Morgan fingerprint density at radius 3 is 3.00 bits per heavy atom. The van der Waals surface area contributed by atoms with Crippen molar-refractivity contribution >= 4 is 27.4 Å². The lowest BCUT2D eigenvalue weighted by Gasteiger charge is -2.00. The number of imidazole rings is 1. The molecule has 0 atom stereocenters. The van der Waals surface area contributed by atoms with Gasteiger partial charge in [-0.1, -0.05) is 6.07 Å². The van der Waals surface area contributed by atoms with Gasteiger partial charge in [0.1, 0.15) is 10.4 Å². The van der Waals surface area contributed by atoms with Gasteiger partial charge in [-0.15, -0.1) is 0 Å². The molecule has 0 saturated carbocycles. The predicted molar refractivity (Wildman–Crippen MR) is 63.6 cm³/mol. The molecule has 0 saturated heterocycles. The largest absolute Gasteiger partial charge is 0.481 e. The van der Waals surface area contributed by atoms with E-state index in [2.05, 4.69) is 20.9 Å². The number of aliphatic carboxylic acids is 1. The molecule has 0 bridgehead atoms. The molecule has 2 aromatic heterocycles. The van der Waals surface area contributed by atoms with Crippen LogP contribution in [0.1, 0.15) is 17.8 Å². The van der Waals surface area contributed by atoms with Crippen LogP contribution in [0.2, 0.25) is 0 Å². The van der Waals surface area contributed by atoms with E-state index in [-0.39, 0.29) is 6.42 Å². The minimum Gasteiger partial charge on any atom is -0.481 e. The topological polar surface area (TPSA) is 54.6 Å². The third kappa shape index (κ3) is 2.09. The zero-order chi connectivity index (χ0) is 11.7. The first-order chi connectivity index (χ1) is 7.58. The molecule has 2 rings (SSSR count). The molecule has 2 aromatic rings. The van der Waals surface area contributed by atoms with Crippen LogP contribution in [0.25, 0.3) is 5.52 Å². The number of nitrogens with zero attached hydrogens (tertiary/aromatic N) is 2. The van der Waals surface area contributed by atoms with E-state index >= 15 is 0 Å². The summed E-state index contributed by atoms with van der Waals surface area (Å²) in [4.78, 5) is 14.9. The Morgan fingerprint density at radius 2 is 2.31 bits per heavy atom. The van der Waals surface area contributed by atoms with Crippen molar-refractivity contribution in [3.05, 3.63) is 34.3 Å². The van der Waals surface area contributed by atoms with Gasteiger partial charge in [0.25, 0.3) is 0 Å². The van der Waals surface area contributed by atoms with Gasteiger partial charge in [-0.3, -0.25) is 4.79 Å². The van der Waals surface area contributed by atoms with E-state index in [1.807, 2.05) is 29.7 Å². The first-order valence-corrected chi connectivity index (χ1v) is 5.72. The van der Waals surface area contributed by atoms with E-state index in [1.165, 1.54) is 0 Å². The number of rotatable bonds is 3. The average Bonchev–Trinajstić information content (AvgIpc) is 2.52. The van der Waals surface area contributed by atoms with E-state index < -0.39 is 5.97 Å². The molecule has 0 aliphatic rings. The lowest BCUT2D eigenvalue weighted by atomic mass is 10.3. The molecule has 16 heavy (non-hydrogen) atoms. The molecule has 0 fully saturated rings. The van der Waals surface area contributed by atoms with Gasteiger partial charge in [0.2, 0.25) is 0 Å². The van der Waals surface area contributed by atoms with Crippen LogP contribution in [0.3, 0.4) is 0 Å². The maximum atomic E-state index is 10.5. The lowest BCUT2D eigenvalue weighted by Crippen LogP contribution is -2.01. The van der Waals surface area contributed by atoms with Gasteiger partial charge >= 0.3 is 5.97 Å². The fourth-order valence-electron chi connectivity index (χ4n) is 1.61. The summed E-state index contributed by atoms with van der Waals surface area (Å²) in [6.07, 6.45) is 2.50. The number of fused-ring (bicyclic) bond motifs is 1. The molecular formula is C11H11BrN2O2. The molecule has 0 aliphatic heterocycles. The van der Waals surface area contributed by atoms with Crippen molar-refractivity contribution in [3.63, 3.8) is 0 Å². The highest BCUT2D eigenvalue weighted by molar-refractivity contribution is 9.10. The first kappa shape index (κ1) is 11.1. The van der Waals surface area contributed by atoms with E-state index in [4.69, 9.17) is 5.11 Å². The second-order valence-electron chi connectivity index (χ2n) is 3.67. The van der Waals surface area contributed by atoms with Gasteiger partial charge < -0.3 is 9.51 Å². The summed E-state index contributed by atoms with van der Waals surface area (Å²) in [5.41, 5.74) is 2.08. The van der Waals surface area contributed by atoms with Gasteiger partial charge in [-0.2, -0.15) is 0 Å². The lowest BCUT2D eigenvalue weighted by molar-refractivity contribution is -0.137. The molecule has 0 amide bonds. The summed E-state index contributed by atoms with van der Waals surface area (Å²) in [5.74, 6) is -0.0338. The van der Waals surface area contributed by atoms with E-state index in [9.17, 15) is 4.79 Å². The molecule has 84 valence electrons. The fraction of sp³-hybridized carbons (Fsp3) is 0.273. The molecule has 2 heterocycles. The van der Waals surface area contributed by atoms with Crippen LogP contribution in [0.15, 0.2) is 22.9 Å². The molecule has 4 nitrogen and oxygen atoms in total. The maximum Gasteiger partial charge on any atom is 0.303 e. The molecule has 5 heteroatoms. The van der Waals surface area contributed by atoms with Crippen LogP contribution in [0.4, 0.5) is 0 Å². The van der Waals surface area contributed by atoms with Crippen molar-refractivity contribution in [3.8, 4) is 0 Å². The van der Waals surface area contributed by atoms with Crippen molar-refractivity contribution in [2.24, 2.45) is 0 Å². The summed E-state index contributed by atoms with van der Waals surface area (Å²) < 4.78 is 2.69. The Labute approximate surface area is 101 Å². The van der Waals surface area contributed by atoms with Gasteiger partial charge in [-0.25, -0.2) is 4.98 Å². The molecule has 0 radical (unpaired) electrons. The number of aromatic nitrogens is 2. The molecule has 0 aliphatic carbocycles. The Balaban J connectivity index is 2.44. The third-order valence-electron chi connectivity index (χ3n) is 2.38. The zero-order valence-corrected chi connectivity index (χ0v) is 10.4. The van der Waals surface area contributed by atoms with Crippen LogP contribution in [-0.2, 0) is 11.2 Å². The number of aryl methyl sites for hydroxylation is 2. The monoisotopic (exact) mass is 282 g/mol.